The van der Waals surface area contributed by atoms with Gasteiger partial charge in [0.15, 0.2) is 11.6 Å². The van der Waals surface area contributed by atoms with Crippen molar-refractivity contribution in [2.75, 3.05) is 5.88 Å². The van der Waals surface area contributed by atoms with Gasteiger partial charge in [0.25, 0.3) is 0 Å². The third-order valence-corrected chi connectivity index (χ3v) is 2.90. The van der Waals surface area contributed by atoms with E-state index in [-0.39, 0.29) is 12.2 Å². The topological polar surface area (TPSA) is 9.23 Å². The quantitative estimate of drug-likeness (QED) is 0.596. The van der Waals surface area contributed by atoms with E-state index in [0.717, 1.165) is 11.6 Å². The van der Waals surface area contributed by atoms with E-state index < -0.39 is 11.6 Å². The molecule has 21 heavy (non-hydrogen) atoms. The first kappa shape index (κ1) is 15.3. The predicted octanol–water partition coefficient (Wildman–Crippen LogP) is 4.52. The third kappa shape index (κ3) is 4.47. The van der Waals surface area contributed by atoms with Crippen molar-refractivity contribution in [3.8, 4) is 17.6 Å². The molecule has 0 aliphatic heterocycles. The van der Waals surface area contributed by atoms with Crippen molar-refractivity contribution in [3.63, 3.8) is 0 Å². The summed E-state index contributed by atoms with van der Waals surface area (Å²) in [5, 5.41) is 0. The maximum Gasteiger partial charge on any atom is 0.165 e. The van der Waals surface area contributed by atoms with Crippen LogP contribution < -0.4 is 4.74 Å². The van der Waals surface area contributed by atoms with Gasteiger partial charge in [0.05, 0.1) is 0 Å². The molecule has 1 nitrogen and oxygen atoms in total. The van der Waals surface area contributed by atoms with Crippen molar-refractivity contribution in [1.82, 2.24) is 0 Å². The number of benzene rings is 2. The Balaban J connectivity index is 2.05. The molecule has 0 amide bonds. The van der Waals surface area contributed by atoms with Crippen LogP contribution in [-0.2, 0) is 6.61 Å². The zero-order chi connectivity index (χ0) is 15.1. The average molecular weight is 307 g/mol. The lowest BCUT2D eigenvalue weighted by Crippen LogP contribution is -2.00. The Kier molecular flexibility index (Phi) is 5.59. The Morgan fingerprint density at radius 1 is 1.10 bits per heavy atom. The van der Waals surface area contributed by atoms with Crippen molar-refractivity contribution in [2.24, 2.45) is 0 Å². The monoisotopic (exact) mass is 306 g/mol. The summed E-state index contributed by atoms with van der Waals surface area (Å²) in [6, 6.07) is 11.1. The number of ether oxygens (including phenoxy) is 1. The molecule has 0 radical (unpaired) electrons. The highest BCUT2D eigenvalue weighted by Gasteiger charge is 2.07. The lowest BCUT2D eigenvalue weighted by molar-refractivity contribution is 0.297. The molecule has 0 aliphatic carbocycles. The molecule has 0 saturated carbocycles. The maximum atomic E-state index is 13.5. The van der Waals surface area contributed by atoms with Crippen molar-refractivity contribution in [3.05, 3.63) is 65.2 Å². The van der Waals surface area contributed by atoms with Crippen LogP contribution in [0.1, 0.15) is 17.5 Å². The van der Waals surface area contributed by atoms with Crippen molar-refractivity contribution in [1.29, 1.82) is 0 Å². The number of hydrogen-bond acceptors (Lipinski definition) is 1. The fourth-order valence-electron chi connectivity index (χ4n) is 1.70. The van der Waals surface area contributed by atoms with Crippen molar-refractivity contribution < 1.29 is 13.5 Å². The van der Waals surface area contributed by atoms with Crippen LogP contribution in [0.25, 0.3) is 0 Å². The molecule has 0 bridgehead atoms. The predicted molar refractivity (Wildman–Crippen MR) is 79.3 cm³/mol. The minimum absolute atomic E-state index is 0.0395. The Bertz CT molecular complexity index is 674. The molecule has 0 aromatic heterocycles. The summed E-state index contributed by atoms with van der Waals surface area (Å²) in [5.41, 5.74) is 0.964. The molecule has 0 heterocycles. The Hall–Kier alpha value is -2.05. The lowest BCUT2D eigenvalue weighted by atomic mass is 10.2. The van der Waals surface area contributed by atoms with Crippen LogP contribution in [0.4, 0.5) is 8.78 Å². The number of rotatable bonds is 4. The van der Waals surface area contributed by atoms with Gasteiger partial charge in [0.1, 0.15) is 12.4 Å². The van der Waals surface area contributed by atoms with E-state index in [1.54, 1.807) is 18.2 Å². The van der Waals surface area contributed by atoms with E-state index in [9.17, 15) is 8.78 Å². The summed E-state index contributed by atoms with van der Waals surface area (Å²) in [7, 11) is 0. The summed E-state index contributed by atoms with van der Waals surface area (Å²) in [5.74, 6) is 5.16. The van der Waals surface area contributed by atoms with Crippen LogP contribution >= 0.6 is 11.6 Å². The first-order chi connectivity index (χ1) is 10.2. The van der Waals surface area contributed by atoms with Gasteiger partial charge in [-0.05, 0) is 24.3 Å². The highest BCUT2D eigenvalue weighted by atomic mass is 35.5. The maximum absolute atomic E-state index is 13.5. The molecule has 4 heteroatoms. The molecular weight excluding hydrogens is 294 g/mol. The summed E-state index contributed by atoms with van der Waals surface area (Å²) >= 11 is 5.55. The van der Waals surface area contributed by atoms with Gasteiger partial charge in [-0.15, -0.1) is 11.6 Å². The molecule has 0 aliphatic rings. The van der Waals surface area contributed by atoms with Crippen LogP contribution in [0.15, 0.2) is 42.5 Å². The van der Waals surface area contributed by atoms with Crippen molar-refractivity contribution in [2.45, 2.75) is 13.0 Å². The molecule has 0 atom stereocenters. The van der Waals surface area contributed by atoms with E-state index in [2.05, 4.69) is 11.8 Å². The smallest absolute Gasteiger partial charge is 0.165 e. The summed E-state index contributed by atoms with van der Waals surface area (Å²) in [6.45, 7) is -0.0395. The van der Waals surface area contributed by atoms with E-state index in [1.165, 1.54) is 12.1 Å². The normalized spacial score (nSPS) is 9.86. The van der Waals surface area contributed by atoms with Crippen LogP contribution in [0.2, 0.25) is 0 Å². The Morgan fingerprint density at radius 3 is 2.71 bits per heavy atom. The Labute approximate surface area is 127 Å². The fraction of sp³-hybridized carbons (Fsp3) is 0.176. The SMILES string of the molecule is Fc1cccc(COc2cccc(C#CCCCl)c2)c1F. The summed E-state index contributed by atoms with van der Waals surface area (Å²) in [4.78, 5) is 0. The molecular formula is C17H13ClF2O. The van der Waals surface area contributed by atoms with E-state index in [1.807, 2.05) is 6.07 Å². The molecule has 0 spiro atoms. The van der Waals surface area contributed by atoms with E-state index in [0.29, 0.717) is 18.1 Å². The van der Waals surface area contributed by atoms with Crippen LogP contribution in [0.3, 0.4) is 0 Å². The summed E-state index contributed by atoms with van der Waals surface area (Å²) in [6.07, 6.45) is 0.612. The Morgan fingerprint density at radius 2 is 1.90 bits per heavy atom. The number of hydrogen-bond donors (Lipinski definition) is 0. The molecule has 2 aromatic carbocycles. The molecule has 0 saturated heterocycles. The molecule has 0 N–H and O–H groups in total. The van der Waals surface area contributed by atoms with Gasteiger partial charge in [-0.1, -0.05) is 30.0 Å². The third-order valence-electron chi connectivity index (χ3n) is 2.71. The lowest BCUT2D eigenvalue weighted by Gasteiger charge is -2.07. The number of alkyl halides is 1. The highest BCUT2D eigenvalue weighted by molar-refractivity contribution is 6.18. The summed E-state index contributed by atoms with van der Waals surface area (Å²) < 4.78 is 32.1. The number of halogens is 3. The molecule has 0 fully saturated rings. The standard InChI is InChI=1S/C17H13ClF2O/c18-10-2-1-5-13-6-3-8-15(11-13)21-12-14-7-4-9-16(19)17(14)20/h3-4,6-9,11H,2,10,12H2. The van der Waals surface area contributed by atoms with Crippen LogP contribution in [0.5, 0.6) is 5.75 Å². The molecule has 2 aromatic rings. The van der Waals surface area contributed by atoms with Gasteiger partial charge in [0, 0.05) is 23.4 Å². The van der Waals surface area contributed by atoms with Crippen LogP contribution in [-0.4, -0.2) is 5.88 Å². The van der Waals surface area contributed by atoms with Crippen LogP contribution in [0, 0.1) is 23.5 Å². The fourth-order valence-corrected chi connectivity index (χ4v) is 1.79. The zero-order valence-electron chi connectivity index (χ0n) is 11.2. The van der Waals surface area contributed by atoms with Gasteiger partial charge in [-0.3, -0.25) is 0 Å². The van der Waals surface area contributed by atoms with Gasteiger partial charge >= 0.3 is 0 Å². The van der Waals surface area contributed by atoms with Gasteiger partial charge in [-0.25, -0.2) is 8.78 Å². The second-order valence-corrected chi connectivity index (χ2v) is 4.65. The van der Waals surface area contributed by atoms with Gasteiger partial charge in [0.2, 0.25) is 0 Å². The van der Waals surface area contributed by atoms with Gasteiger partial charge in [-0.2, -0.15) is 0 Å². The zero-order valence-corrected chi connectivity index (χ0v) is 12.0. The first-order valence-electron chi connectivity index (χ1n) is 6.41. The first-order valence-corrected chi connectivity index (χ1v) is 6.95. The second-order valence-electron chi connectivity index (χ2n) is 4.27. The van der Waals surface area contributed by atoms with E-state index >= 15 is 0 Å². The van der Waals surface area contributed by atoms with Gasteiger partial charge < -0.3 is 4.74 Å². The molecule has 2 rings (SSSR count). The average Bonchev–Trinajstić information content (AvgIpc) is 2.50. The second kappa shape index (κ2) is 7.66. The van der Waals surface area contributed by atoms with E-state index in [4.69, 9.17) is 16.3 Å². The minimum atomic E-state index is -0.879. The highest BCUT2D eigenvalue weighted by Crippen LogP contribution is 2.17. The largest absolute Gasteiger partial charge is 0.489 e. The minimum Gasteiger partial charge on any atom is -0.489 e. The molecule has 0 unspecified atom stereocenters. The van der Waals surface area contributed by atoms with Crippen molar-refractivity contribution >= 4 is 11.6 Å². The molecule has 108 valence electrons.